The highest BCUT2D eigenvalue weighted by atomic mass is 32.3. The maximum Gasteiger partial charge on any atom is 0.410 e. The largest absolute Gasteiger partial charge is 0.445 e. The molecule has 116 valence electrons. The number of halogens is 1. The van der Waals surface area contributed by atoms with Crippen molar-refractivity contribution in [1.82, 2.24) is 4.90 Å². The predicted molar refractivity (Wildman–Crippen MR) is 75.8 cm³/mol. The summed E-state index contributed by atoms with van der Waals surface area (Å²) in [5.41, 5.74) is 0.880. The molecule has 1 unspecified atom stereocenters. The second kappa shape index (κ2) is 6.89. The molecular weight excluding hydrogens is 297 g/mol. The Bertz CT molecular complexity index is 576. The molecule has 1 atom stereocenters. The third-order valence-electron chi connectivity index (χ3n) is 3.42. The van der Waals surface area contributed by atoms with Crippen molar-refractivity contribution in [2.45, 2.75) is 19.4 Å². The van der Waals surface area contributed by atoms with Gasteiger partial charge in [0.05, 0.1) is 5.75 Å². The Morgan fingerprint density at radius 2 is 2.05 bits per heavy atom. The SMILES string of the molecule is O=C(OCc1ccccc1)N1CCCC(CS(=O)(=O)F)C1. The molecule has 1 heterocycles. The molecule has 2 rings (SSSR count). The van der Waals surface area contributed by atoms with E-state index in [1.54, 1.807) is 0 Å². The van der Waals surface area contributed by atoms with Crippen molar-refractivity contribution >= 4 is 16.3 Å². The molecule has 5 nitrogen and oxygen atoms in total. The number of hydrogen-bond donors (Lipinski definition) is 0. The first kappa shape index (κ1) is 15.8. The topological polar surface area (TPSA) is 63.7 Å². The summed E-state index contributed by atoms with van der Waals surface area (Å²) in [5, 5.41) is 0. The Hall–Kier alpha value is -1.63. The van der Waals surface area contributed by atoms with Gasteiger partial charge in [0.2, 0.25) is 0 Å². The van der Waals surface area contributed by atoms with Crippen molar-refractivity contribution in [3.8, 4) is 0 Å². The van der Waals surface area contributed by atoms with E-state index in [2.05, 4.69) is 0 Å². The number of carbonyl (C=O) groups excluding carboxylic acids is 1. The maximum absolute atomic E-state index is 12.7. The molecule has 0 saturated carbocycles. The lowest BCUT2D eigenvalue weighted by atomic mass is 10.0. The monoisotopic (exact) mass is 315 g/mol. The number of hydrogen-bond acceptors (Lipinski definition) is 4. The van der Waals surface area contributed by atoms with E-state index in [1.807, 2.05) is 30.3 Å². The summed E-state index contributed by atoms with van der Waals surface area (Å²) in [6.07, 6.45) is 0.770. The first-order chi connectivity index (χ1) is 9.94. The first-order valence-electron chi connectivity index (χ1n) is 6.82. The lowest BCUT2D eigenvalue weighted by Crippen LogP contribution is -2.41. The molecule has 7 heteroatoms. The van der Waals surface area contributed by atoms with Crippen LogP contribution in [0.4, 0.5) is 8.68 Å². The van der Waals surface area contributed by atoms with Gasteiger partial charge in [-0.2, -0.15) is 8.42 Å². The van der Waals surface area contributed by atoms with Gasteiger partial charge >= 0.3 is 16.3 Å². The van der Waals surface area contributed by atoms with Crippen LogP contribution in [-0.2, 0) is 21.6 Å². The van der Waals surface area contributed by atoms with Crippen LogP contribution in [0.3, 0.4) is 0 Å². The van der Waals surface area contributed by atoms with Crippen LogP contribution in [-0.4, -0.2) is 38.3 Å². The van der Waals surface area contributed by atoms with Gasteiger partial charge in [-0.15, -0.1) is 3.89 Å². The Balaban J connectivity index is 1.84. The average Bonchev–Trinajstić information content (AvgIpc) is 2.44. The second-order valence-corrected chi connectivity index (χ2v) is 6.61. The Labute approximate surface area is 123 Å². The number of likely N-dealkylation sites (tertiary alicyclic amines) is 1. The molecule has 1 aliphatic heterocycles. The fourth-order valence-corrected chi connectivity index (χ4v) is 3.29. The molecule has 0 radical (unpaired) electrons. The molecule has 1 saturated heterocycles. The van der Waals surface area contributed by atoms with Crippen LogP contribution in [0.25, 0.3) is 0 Å². The Kier molecular flexibility index (Phi) is 5.17. The summed E-state index contributed by atoms with van der Waals surface area (Å²) in [5.74, 6) is -0.895. The minimum absolute atomic E-state index is 0.169. The number of piperidine rings is 1. The number of benzene rings is 1. The molecular formula is C14H18FNO4S. The highest BCUT2D eigenvalue weighted by Gasteiger charge is 2.28. The highest BCUT2D eigenvalue weighted by molar-refractivity contribution is 7.86. The molecule has 1 aliphatic rings. The number of amides is 1. The molecule has 1 fully saturated rings. The van der Waals surface area contributed by atoms with Crippen LogP contribution < -0.4 is 0 Å². The standard InChI is InChI=1S/C14H18FNO4S/c15-21(18,19)11-13-7-4-8-16(9-13)14(17)20-10-12-5-2-1-3-6-12/h1-3,5-6,13H,4,7-11H2. The summed E-state index contributed by atoms with van der Waals surface area (Å²) in [7, 11) is -4.51. The van der Waals surface area contributed by atoms with Gasteiger partial charge in [-0.1, -0.05) is 30.3 Å². The van der Waals surface area contributed by atoms with Gasteiger partial charge in [-0.05, 0) is 24.3 Å². The third-order valence-corrected chi connectivity index (χ3v) is 4.29. The van der Waals surface area contributed by atoms with Crippen LogP contribution in [0.5, 0.6) is 0 Å². The maximum atomic E-state index is 12.7. The van der Waals surface area contributed by atoms with Gasteiger partial charge in [0.1, 0.15) is 6.61 Å². The molecule has 21 heavy (non-hydrogen) atoms. The van der Waals surface area contributed by atoms with E-state index >= 15 is 0 Å². The molecule has 1 aromatic rings. The minimum atomic E-state index is -4.51. The summed E-state index contributed by atoms with van der Waals surface area (Å²) in [4.78, 5) is 13.4. The summed E-state index contributed by atoms with van der Waals surface area (Å²) in [6, 6.07) is 9.28. The Morgan fingerprint density at radius 3 is 2.71 bits per heavy atom. The fourth-order valence-electron chi connectivity index (χ4n) is 2.46. The molecule has 0 aliphatic carbocycles. The molecule has 1 aromatic carbocycles. The van der Waals surface area contributed by atoms with E-state index in [1.165, 1.54) is 4.90 Å². The third kappa shape index (κ3) is 5.34. The predicted octanol–water partition coefficient (Wildman–Crippen LogP) is 2.33. The highest BCUT2D eigenvalue weighted by Crippen LogP contribution is 2.19. The summed E-state index contributed by atoms with van der Waals surface area (Å²) >= 11 is 0. The molecule has 1 amide bonds. The molecule has 0 spiro atoms. The van der Waals surface area contributed by atoms with Gasteiger partial charge in [0.15, 0.2) is 0 Å². The van der Waals surface area contributed by atoms with E-state index in [-0.39, 0.29) is 19.1 Å². The Morgan fingerprint density at radius 1 is 1.33 bits per heavy atom. The van der Waals surface area contributed by atoms with Crippen LogP contribution in [0.1, 0.15) is 18.4 Å². The zero-order chi connectivity index (χ0) is 15.3. The zero-order valence-electron chi connectivity index (χ0n) is 11.6. The number of nitrogens with zero attached hydrogens (tertiary/aromatic N) is 1. The van der Waals surface area contributed by atoms with Gasteiger partial charge < -0.3 is 9.64 Å². The summed E-state index contributed by atoms with van der Waals surface area (Å²) in [6.45, 7) is 0.898. The van der Waals surface area contributed by atoms with Gasteiger partial charge in [-0.25, -0.2) is 4.79 Å². The quantitative estimate of drug-likeness (QED) is 0.800. The van der Waals surface area contributed by atoms with E-state index < -0.39 is 22.1 Å². The van der Waals surface area contributed by atoms with Crippen molar-refractivity contribution in [1.29, 1.82) is 0 Å². The lowest BCUT2D eigenvalue weighted by molar-refractivity contribution is 0.0812. The summed E-state index contributed by atoms with van der Waals surface area (Å²) < 4.78 is 39.3. The van der Waals surface area contributed by atoms with E-state index in [0.717, 1.165) is 5.56 Å². The van der Waals surface area contributed by atoms with E-state index in [4.69, 9.17) is 4.74 Å². The zero-order valence-corrected chi connectivity index (χ0v) is 12.4. The first-order valence-corrected chi connectivity index (χ1v) is 8.37. The van der Waals surface area contributed by atoms with Crippen molar-refractivity contribution in [3.63, 3.8) is 0 Å². The van der Waals surface area contributed by atoms with Gasteiger partial charge in [-0.3, -0.25) is 0 Å². The smallest absolute Gasteiger partial charge is 0.410 e. The van der Waals surface area contributed by atoms with Crippen molar-refractivity contribution in [3.05, 3.63) is 35.9 Å². The van der Waals surface area contributed by atoms with Crippen molar-refractivity contribution in [2.75, 3.05) is 18.8 Å². The number of rotatable bonds is 4. The number of carbonyl (C=O) groups is 1. The van der Waals surface area contributed by atoms with Gasteiger partial charge in [0.25, 0.3) is 0 Å². The van der Waals surface area contributed by atoms with Crippen LogP contribution in [0.2, 0.25) is 0 Å². The second-order valence-electron chi connectivity index (χ2n) is 5.20. The van der Waals surface area contributed by atoms with Crippen LogP contribution in [0, 0.1) is 5.92 Å². The van der Waals surface area contributed by atoms with Crippen molar-refractivity contribution in [2.24, 2.45) is 5.92 Å². The molecule has 0 aromatic heterocycles. The van der Waals surface area contributed by atoms with Crippen molar-refractivity contribution < 1.29 is 21.8 Å². The van der Waals surface area contributed by atoms with Gasteiger partial charge in [0, 0.05) is 13.1 Å². The molecule has 0 bridgehead atoms. The average molecular weight is 315 g/mol. The minimum Gasteiger partial charge on any atom is -0.445 e. The normalized spacial score (nSPS) is 19.3. The fraction of sp³-hybridized carbons (Fsp3) is 0.500. The lowest BCUT2D eigenvalue weighted by Gasteiger charge is -2.31. The number of ether oxygens (including phenoxy) is 1. The van der Waals surface area contributed by atoms with E-state index in [0.29, 0.717) is 19.4 Å². The molecule has 0 N–H and O–H groups in total. The van der Waals surface area contributed by atoms with E-state index in [9.17, 15) is 17.1 Å². The van der Waals surface area contributed by atoms with Crippen LogP contribution >= 0.6 is 0 Å². The van der Waals surface area contributed by atoms with Crippen LogP contribution in [0.15, 0.2) is 30.3 Å².